The topological polar surface area (TPSA) is 65.7 Å². The SMILES string of the molecule is CCNC(=NCCC(O)(c1nccn1C)C(F)(F)F)N1CCC2(CCCC2)C1.I. The number of likely N-dealkylation sites (tertiary alicyclic amines) is 1. The molecule has 2 N–H and O–H groups in total. The fourth-order valence-corrected chi connectivity index (χ4v) is 4.54. The fourth-order valence-electron chi connectivity index (χ4n) is 4.54. The second-order valence-corrected chi connectivity index (χ2v) is 8.08. The van der Waals surface area contributed by atoms with Gasteiger partial charge in [-0.1, -0.05) is 12.8 Å². The molecule has 2 fully saturated rings. The van der Waals surface area contributed by atoms with E-state index < -0.39 is 24.0 Å². The number of aliphatic imine (C=N–C) groups is 1. The Kier molecular flexibility index (Phi) is 7.86. The lowest BCUT2D eigenvalue weighted by molar-refractivity contribution is -0.272. The van der Waals surface area contributed by atoms with Crippen LogP contribution in [0.2, 0.25) is 0 Å². The number of nitrogens with one attached hydrogen (secondary N) is 1. The molecule has 1 aliphatic heterocycles. The molecule has 1 aromatic heterocycles. The third-order valence-corrected chi connectivity index (χ3v) is 6.13. The minimum absolute atomic E-state index is 0. The van der Waals surface area contributed by atoms with Gasteiger partial charge in [0.25, 0.3) is 0 Å². The Morgan fingerprint density at radius 2 is 2.00 bits per heavy atom. The maximum atomic E-state index is 13.6. The maximum absolute atomic E-state index is 13.6. The first kappa shape index (κ1) is 24.2. The molecule has 0 amide bonds. The highest BCUT2D eigenvalue weighted by Crippen LogP contribution is 2.45. The van der Waals surface area contributed by atoms with Gasteiger partial charge in [0.1, 0.15) is 5.82 Å². The molecule has 6 nitrogen and oxygen atoms in total. The summed E-state index contributed by atoms with van der Waals surface area (Å²) in [5, 5.41) is 13.6. The molecule has 1 spiro atoms. The summed E-state index contributed by atoms with van der Waals surface area (Å²) in [6, 6.07) is 0. The van der Waals surface area contributed by atoms with Crippen LogP contribution in [-0.2, 0) is 12.6 Å². The van der Waals surface area contributed by atoms with Crippen LogP contribution < -0.4 is 5.32 Å². The molecule has 2 aliphatic rings. The molecule has 1 aromatic rings. The summed E-state index contributed by atoms with van der Waals surface area (Å²) in [4.78, 5) is 10.3. The Morgan fingerprint density at radius 3 is 2.55 bits per heavy atom. The van der Waals surface area contributed by atoms with Crippen molar-refractivity contribution in [3.8, 4) is 0 Å². The van der Waals surface area contributed by atoms with Crippen LogP contribution in [0.5, 0.6) is 0 Å². The molecule has 166 valence electrons. The average Bonchev–Trinajstić information content (AvgIpc) is 3.36. The molecular weight excluding hydrogens is 498 g/mol. The smallest absolute Gasteiger partial charge is 0.374 e. The summed E-state index contributed by atoms with van der Waals surface area (Å²) < 4.78 is 42.1. The van der Waals surface area contributed by atoms with Gasteiger partial charge in [-0.3, -0.25) is 4.99 Å². The second kappa shape index (κ2) is 9.40. The van der Waals surface area contributed by atoms with Gasteiger partial charge < -0.3 is 19.9 Å². The van der Waals surface area contributed by atoms with Crippen molar-refractivity contribution < 1.29 is 18.3 Å². The van der Waals surface area contributed by atoms with Crippen LogP contribution in [0.15, 0.2) is 17.4 Å². The number of alkyl halides is 3. The van der Waals surface area contributed by atoms with E-state index in [1.807, 2.05) is 6.92 Å². The van der Waals surface area contributed by atoms with Crippen LogP contribution in [-0.4, -0.2) is 57.9 Å². The van der Waals surface area contributed by atoms with Crippen molar-refractivity contribution in [3.63, 3.8) is 0 Å². The van der Waals surface area contributed by atoms with Gasteiger partial charge in [0.2, 0.25) is 5.60 Å². The van der Waals surface area contributed by atoms with Crippen LogP contribution >= 0.6 is 24.0 Å². The number of aromatic nitrogens is 2. The third kappa shape index (κ3) is 5.00. The van der Waals surface area contributed by atoms with Crippen molar-refractivity contribution in [3.05, 3.63) is 18.2 Å². The zero-order valence-corrected chi connectivity index (χ0v) is 19.3. The van der Waals surface area contributed by atoms with Crippen molar-refractivity contribution in [2.24, 2.45) is 17.5 Å². The van der Waals surface area contributed by atoms with Gasteiger partial charge in [-0.05, 0) is 31.6 Å². The van der Waals surface area contributed by atoms with Crippen molar-refractivity contribution in [2.45, 2.75) is 57.2 Å². The average molecular weight is 529 g/mol. The van der Waals surface area contributed by atoms with Gasteiger partial charge in [-0.15, -0.1) is 24.0 Å². The lowest BCUT2D eigenvalue weighted by atomic mass is 9.86. The van der Waals surface area contributed by atoms with E-state index in [-0.39, 0.29) is 30.5 Å². The van der Waals surface area contributed by atoms with E-state index in [9.17, 15) is 18.3 Å². The van der Waals surface area contributed by atoms with Crippen molar-refractivity contribution >= 4 is 29.9 Å². The molecule has 10 heteroatoms. The van der Waals surface area contributed by atoms with E-state index in [0.717, 1.165) is 19.5 Å². The van der Waals surface area contributed by atoms with E-state index in [1.165, 1.54) is 49.7 Å². The summed E-state index contributed by atoms with van der Waals surface area (Å²) in [6.45, 7) is 4.22. The highest BCUT2D eigenvalue weighted by atomic mass is 127. The number of guanidine groups is 1. The molecule has 0 aromatic carbocycles. The molecule has 1 saturated carbocycles. The van der Waals surface area contributed by atoms with Gasteiger partial charge in [-0.2, -0.15) is 13.2 Å². The lowest BCUT2D eigenvalue weighted by Crippen LogP contribution is -2.45. The van der Waals surface area contributed by atoms with Gasteiger partial charge in [0.15, 0.2) is 5.96 Å². The number of nitrogens with zero attached hydrogens (tertiary/aromatic N) is 4. The Morgan fingerprint density at radius 1 is 1.31 bits per heavy atom. The van der Waals surface area contributed by atoms with Crippen LogP contribution in [0.4, 0.5) is 13.2 Å². The number of aliphatic hydroxyl groups is 1. The van der Waals surface area contributed by atoms with Crippen LogP contribution in [0.25, 0.3) is 0 Å². The molecular formula is C19H31F3IN5O. The van der Waals surface area contributed by atoms with Gasteiger partial charge in [0, 0.05) is 52.0 Å². The first-order chi connectivity index (χ1) is 13.2. The standard InChI is InChI=1S/C19H30F3N5O.HI/c1-3-23-16(27-12-9-17(14-27)6-4-5-7-17)25-10-8-18(28,19(20,21)22)15-24-11-13-26(15)2;/h11,13,28H,3-10,12,14H2,1-2H3,(H,23,25);1H. The number of rotatable bonds is 5. The molecule has 29 heavy (non-hydrogen) atoms. The highest BCUT2D eigenvalue weighted by molar-refractivity contribution is 14.0. The minimum Gasteiger partial charge on any atom is -0.374 e. The van der Waals surface area contributed by atoms with Gasteiger partial charge >= 0.3 is 6.18 Å². The van der Waals surface area contributed by atoms with Gasteiger partial charge in [-0.25, -0.2) is 4.98 Å². The van der Waals surface area contributed by atoms with Crippen molar-refractivity contribution in [1.29, 1.82) is 0 Å². The van der Waals surface area contributed by atoms with E-state index in [0.29, 0.717) is 17.9 Å². The quantitative estimate of drug-likeness (QED) is 0.349. The van der Waals surface area contributed by atoms with Crippen LogP contribution in [0, 0.1) is 5.41 Å². The lowest BCUT2D eigenvalue weighted by Gasteiger charge is -2.30. The molecule has 1 atom stereocenters. The number of hydrogen-bond donors (Lipinski definition) is 2. The molecule has 1 aliphatic carbocycles. The Hall–Kier alpha value is -1.04. The van der Waals surface area contributed by atoms with E-state index in [1.54, 1.807) is 0 Å². The predicted molar refractivity (Wildman–Crippen MR) is 116 cm³/mol. The summed E-state index contributed by atoms with van der Waals surface area (Å²) in [5.41, 5.74) is -2.68. The number of aryl methyl sites for hydroxylation is 1. The number of imidazole rings is 1. The molecule has 2 heterocycles. The Balaban J connectivity index is 0.00000300. The summed E-state index contributed by atoms with van der Waals surface area (Å²) in [7, 11) is 1.44. The molecule has 3 rings (SSSR count). The summed E-state index contributed by atoms with van der Waals surface area (Å²) >= 11 is 0. The monoisotopic (exact) mass is 529 g/mol. The molecule has 0 radical (unpaired) electrons. The second-order valence-electron chi connectivity index (χ2n) is 8.08. The fraction of sp³-hybridized carbons (Fsp3) is 0.789. The third-order valence-electron chi connectivity index (χ3n) is 6.13. The zero-order chi connectivity index (χ0) is 20.4. The summed E-state index contributed by atoms with van der Waals surface area (Å²) in [6.07, 6.45) is 3.29. The van der Waals surface area contributed by atoms with Crippen molar-refractivity contribution in [1.82, 2.24) is 19.8 Å². The van der Waals surface area contributed by atoms with E-state index >= 15 is 0 Å². The predicted octanol–water partition coefficient (Wildman–Crippen LogP) is 3.41. The van der Waals surface area contributed by atoms with E-state index in [2.05, 4.69) is 20.2 Å². The Labute approximate surface area is 187 Å². The Bertz CT molecular complexity index is 702. The van der Waals surface area contributed by atoms with Crippen LogP contribution in [0.1, 0.15) is 51.3 Å². The molecule has 1 unspecified atom stereocenters. The van der Waals surface area contributed by atoms with Crippen molar-refractivity contribution in [2.75, 3.05) is 26.2 Å². The normalized spacial score (nSPS) is 21.3. The summed E-state index contributed by atoms with van der Waals surface area (Å²) in [5.74, 6) is 0.224. The van der Waals surface area contributed by atoms with E-state index in [4.69, 9.17) is 0 Å². The van der Waals surface area contributed by atoms with Gasteiger partial charge in [0.05, 0.1) is 0 Å². The minimum atomic E-state index is -4.83. The largest absolute Gasteiger partial charge is 0.424 e. The highest BCUT2D eigenvalue weighted by Gasteiger charge is 2.57. The number of halogens is 4. The van der Waals surface area contributed by atoms with Crippen LogP contribution in [0.3, 0.4) is 0 Å². The zero-order valence-electron chi connectivity index (χ0n) is 17.0. The molecule has 0 bridgehead atoms. The first-order valence-corrected chi connectivity index (χ1v) is 10.0. The number of hydrogen-bond acceptors (Lipinski definition) is 3. The molecule has 1 saturated heterocycles. The first-order valence-electron chi connectivity index (χ1n) is 10.0. The maximum Gasteiger partial charge on any atom is 0.424 e.